The average Bonchev–Trinajstić information content (AvgIpc) is 2.39. The van der Waals surface area contributed by atoms with Crippen LogP contribution in [-0.2, 0) is 9.53 Å². The first-order chi connectivity index (χ1) is 8.76. The Hall–Kier alpha value is -2.36. The molecule has 0 atom stereocenters. The molecule has 4 nitrogen and oxygen atoms in total. The lowest BCUT2D eigenvalue weighted by Gasteiger charge is -2.07. The summed E-state index contributed by atoms with van der Waals surface area (Å²) in [5, 5.41) is 4.38. The number of carbonyl (C=O) groups excluding carboxylic acids is 2. The summed E-state index contributed by atoms with van der Waals surface area (Å²) in [6, 6.07) is 10.8. The summed E-state index contributed by atoms with van der Waals surface area (Å²) < 4.78 is 4.95. The van der Waals surface area contributed by atoms with Gasteiger partial charge < -0.3 is 10.1 Å². The minimum absolute atomic E-state index is 0.338. The Kier molecular flexibility index (Phi) is 3.57. The van der Waals surface area contributed by atoms with Crippen molar-refractivity contribution in [1.82, 2.24) is 0 Å². The van der Waals surface area contributed by atoms with Crippen LogP contribution in [0.4, 0.5) is 5.69 Å². The summed E-state index contributed by atoms with van der Waals surface area (Å²) in [6.07, 6.45) is 0.617. The van der Waals surface area contributed by atoms with Crippen LogP contribution in [0.3, 0.4) is 0 Å². The quantitative estimate of drug-likeness (QED) is 0.663. The number of hydrogen-bond donors (Lipinski definition) is 1. The van der Waals surface area contributed by atoms with Crippen LogP contribution in [0.25, 0.3) is 10.8 Å². The van der Waals surface area contributed by atoms with Crippen LogP contribution in [0.2, 0.25) is 0 Å². The molecule has 0 aromatic heterocycles. The van der Waals surface area contributed by atoms with Gasteiger partial charge in [0.05, 0.1) is 12.2 Å². The van der Waals surface area contributed by atoms with Crippen LogP contribution >= 0.6 is 0 Å². The number of fused-ring (bicyclic) bond motifs is 1. The monoisotopic (exact) mass is 243 g/mol. The first kappa shape index (κ1) is 12.1. The van der Waals surface area contributed by atoms with Gasteiger partial charge in [-0.1, -0.05) is 18.2 Å². The topological polar surface area (TPSA) is 55.4 Å². The number of anilines is 1. The van der Waals surface area contributed by atoms with Crippen LogP contribution in [0.5, 0.6) is 0 Å². The van der Waals surface area contributed by atoms with Gasteiger partial charge in [0.25, 0.3) is 0 Å². The maximum atomic E-state index is 11.6. The second kappa shape index (κ2) is 5.31. The van der Waals surface area contributed by atoms with Crippen LogP contribution in [0, 0.1) is 0 Å². The van der Waals surface area contributed by atoms with Crippen LogP contribution in [0.15, 0.2) is 36.4 Å². The van der Waals surface area contributed by atoms with Gasteiger partial charge in [0, 0.05) is 11.1 Å². The Morgan fingerprint density at radius 1 is 1.33 bits per heavy atom. The van der Waals surface area contributed by atoms with Gasteiger partial charge in [0.15, 0.2) is 0 Å². The highest BCUT2D eigenvalue weighted by Gasteiger charge is 2.08. The fourth-order valence-corrected chi connectivity index (χ4v) is 1.80. The number of amides is 1. The molecule has 0 unspecified atom stereocenters. The average molecular weight is 243 g/mol. The van der Waals surface area contributed by atoms with Crippen molar-refractivity contribution in [3.63, 3.8) is 0 Å². The van der Waals surface area contributed by atoms with E-state index in [1.807, 2.05) is 18.2 Å². The van der Waals surface area contributed by atoms with Crippen LogP contribution in [0.1, 0.15) is 17.3 Å². The Bertz CT molecular complexity index is 593. The predicted octanol–water partition coefficient (Wildman–Crippen LogP) is 2.58. The zero-order valence-corrected chi connectivity index (χ0v) is 9.97. The lowest BCUT2D eigenvalue weighted by Crippen LogP contribution is -2.04. The lowest BCUT2D eigenvalue weighted by atomic mass is 10.1. The van der Waals surface area contributed by atoms with Gasteiger partial charge in [-0.05, 0) is 30.5 Å². The fraction of sp³-hybridized carbons (Fsp3) is 0.143. The van der Waals surface area contributed by atoms with Crippen molar-refractivity contribution in [2.45, 2.75) is 6.92 Å². The summed E-state index contributed by atoms with van der Waals surface area (Å²) in [5.74, 6) is -0.361. The molecule has 0 aliphatic rings. The minimum Gasteiger partial charge on any atom is -0.462 e. The maximum Gasteiger partial charge on any atom is 0.338 e. The highest BCUT2D eigenvalue weighted by Crippen LogP contribution is 2.24. The van der Waals surface area contributed by atoms with Gasteiger partial charge in [-0.2, -0.15) is 0 Å². The van der Waals surface area contributed by atoms with E-state index in [-0.39, 0.29) is 5.97 Å². The Labute approximate surface area is 105 Å². The minimum atomic E-state index is -0.361. The van der Waals surface area contributed by atoms with E-state index in [1.54, 1.807) is 25.1 Å². The van der Waals surface area contributed by atoms with E-state index in [9.17, 15) is 9.59 Å². The van der Waals surface area contributed by atoms with E-state index >= 15 is 0 Å². The van der Waals surface area contributed by atoms with Crippen molar-refractivity contribution in [2.75, 3.05) is 11.9 Å². The molecule has 2 rings (SSSR count). The van der Waals surface area contributed by atoms with E-state index < -0.39 is 0 Å². The number of nitrogens with one attached hydrogen (secondary N) is 1. The number of carbonyl (C=O) groups is 2. The molecule has 18 heavy (non-hydrogen) atoms. The molecule has 0 saturated carbocycles. The third-order valence-electron chi connectivity index (χ3n) is 2.61. The Morgan fingerprint density at radius 2 is 2.17 bits per heavy atom. The molecule has 0 spiro atoms. The molecule has 2 aromatic rings. The molecule has 0 aliphatic carbocycles. The zero-order chi connectivity index (χ0) is 13.0. The summed E-state index contributed by atoms with van der Waals surface area (Å²) in [5.41, 5.74) is 1.15. The van der Waals surface area contributed by atoms with Crippen molar-refractivity contribution < 1.29 is 14.3 Å². The third-order valence-corrected chi connectivity index (χ3v) is 2.61. The highest BCUT2D eigenvalue weighted by molar-refractivity contribution is 6.02. The number of esters is 1. The van der Waals surface area contributed by atoms with E-state index in [2.05, 4.69) is 5.32 Å². The zero-order valence-electron chi connectivity index (χ0n) is 9.97. The van der Waals surface area contributed by atoms with E-state index in [4.69, 9.17) is 4.74 Å². The van der Waals surface area contributed by atoms with Gasteiger partial charge in [-0.15, -0.1) is 0 Å². The van der Waals surface area contributed by atoms with Gasteiger partial charge in [0.1, 0.15) is 0 Å². The molecular weight excluding hydrogens is 230 g/mol. The highest BCUT2D eigenvalue weighted by atomic mass is 16.5. The van der Waals surface area contributed by atoms with Crippen molar-refractivity contribution in [2.24, 2.45) is 0 Å². The van der Waals surface area contributed by atoms with Gasteiger partial charge in [-0.25, -0.2) is 4.79 Å². The summed E-state index contributed by atoms with van der Waals surface area (Å²) in [7, 11) is 0. The molecule has 92 valence electrons. The number of ether oxygens (including phenoxy) is 1. The van der Waals surface area contributed by atoms with E-state index in [0.29, 0.717) is 24.3 Å². The molecule has 0 bridgehead atoms. The van der Waals surface area contributed by atoms with E-state index in [0.717, 1.165) is 10.8 Å². The Morgan fingerprint density at radius 3 is 2.89 bits per heavy atom. The molecule has 4 heteroatoms. The second-order valence-corrected chi connectivity index (χ2v) is 3.72. The number of benzene rings is 2. The van der Waals surface area contributed by atoms with Crippen LogP contribution in [-0.4, -0.2) is 19.0 Å². The standard InChI is InChI=1S/C14H13NO3/c1-2-18-14(17)11-7-6-10-4-3-5-13(15-9-16)12(10)8-11/h3-9H,2H2,1H3,(H,15,16). The van der Waals surface area contributed by atoms with Crippen molar-refractivity contribution in [1.29, 1.82) is 0 Å². The largest absolute Gasteiger partial charge is 0.462 e. The van der Waals surface area contributed by atoms with E-state index in [1.165, 1.54) is 0 Å². The third kappa shape index (κ3) is 2.32. The smallest absolute Gasteiger partial charge is 0.338 e. The van der Waals surface area contributed by atoms with Crippen molar-refractivity contribution >= 4 is 28.8 Å². The fourth-order valence-electron chi connectivity index (χ4n) is 1.80. The predicted molar refractivity (Wildman–Crippen MR) is 69.6 cm³/mol. The maximum absolute atomic E-state index is 11.6. The summed E-state index contributed by atoms with van der Waals surface area (Å²) in [4.78, 5) is 22.2. The lowest BCUT2D eigenvalue weighted by molar-refractivity contribution is -0.105. The first-order valence-electron chi connectivity index (χ1n) is 5.66. The van der Waals surface area contributed by atoms with Crippen molar-refractivity contribution in [3.05, 3.63) is 42.0 Å². The molecule has 1 amide bonds. The summed E-state index contributed by atoms with van der Waals surface area (Å²) >= 11 is 0. The second-order valence-electron chi connectivity index (χ2n) is 3.72. The molecule has 0 saturated heterocycles. The molecule has 0 radical (unpaired) electrons. The normalized spacial score (nSPS) is 10.1. The van der Waals surface area contributed by atoms with Gasteiger partial charge >= 0.3 is 5.97 Å². The molecule has 2 aromatic carbocycles. The van der Waals surface area contributed by atoms with Gasteiger partial charge in [-0.3, -0.25) is 4.79 Å². The van der Waals surface area contributed by atoms with Gasteiger partial charge in [0.2, 0.25) is 6.41 Å². The molecular formula is C14H13NO3. The molecule has 0 aliphatic heterocycles. The Balaban J connectivity index is 2.51. The SMILES string of the molecule is CCOC(=O)c1ccc2cccc(NC=O)c2c1. The number of hydrogen-bond acceptors (Lipinski definition) is 3. The summed E-state index contributed by atoms with van der Waals surface area (Å²) in [6.45, 7) is 2.10. The molecule has 1 N–H and O–H groups in total. The number of rotatable bonds is 4. The van der Waals surface area contributed by atoms with Crippen molar-refractivity contribution in [3.8, 4) is 0 Å². The first-order valence-corrected chi connectivity index (χ1v) is 5.66. The van der Waals surface area contributed by atoms with Crippen LogP contribution < -0.4 is 5.32 Å². The molecule has 0 fully saturated rings. The molecule has 0 heterocycles.